The smallest absolute Gasteiger partial charge is 0.303 e. The van der Waals surface area contributed by atoms with Gasteiger partial charge in [0.15, 0.2) is 0 Å². The van der Waals surface area contributed by atoms with E-state index in [0.29, 0.717) is 55.8 Å². The van der Waals surface area contributed by atoms with Crippen LogP contribution in [0.3, 0.4) is 0 Å². The van der Waals surface area contributed by atoms with Crippen molar-refractivity contribution in [1.82, 2.24) is 15.5 Å². The van der Waals surface area contributed by atoms with Gasteiger partial charge in [-0.25, -0.2) is 0 Å². The van der Waals surface area contributed by atoms with Crippen molar-refractivity contribution in [2.45, 2.75) is 156 Å². The minimum Gasteiger partial charge on any atom is -0.481 e. The summed E-state index contributed by atoms with van der Waals surface area (Å²) in [5.74, 6) is 0.624. The monoisotopic (exact) mass is 776 g/mol. The van der Waals surface area contributed by atoms with Crippen LogP contribution in [-0.2, 0) is 16.1 Å². The number of carboxylic acid groups (broad SMARTS) is 1. The van der Waals surface area contributed by atoms with Crippen LogP contribution < -0.4 is 10.6 Å². The molecule has 6 fully saturated rings. The summed E-state index contributed by atoms with van der Waals surface area (Å²) in [7, 11) is 0. The van der Waals surface area contributed by atoms with E-state index >= 15 is 0 Å². The van der Waals surface area contributed by atoms with E-state index in [2.05, 4.69) is 57.1 Å². The highest BCUT2D eigenvalue weighted by Gasteiger charge is 2.72. The number of hydrogen-bond acceptors (Lipinski definition) is 6. The summed E-state index contributed by atoms with van der Waals surface area (Å²) in [5.41, 5.74) is 0.211. The molecule has 1 aromatic rings. The minimum absolute atomic E-state index is 0.0387. The van der Waals surface area contributed by atoms with Gasteiger partial charge in [-0.15, -0.1) is 0 Å². The number of likely N-dealkylation sites (tertiary alicyclic amines) is 1. The van der Waals surface area contributed by atoms with Gasteiger partial charge in [0.05, 0.1) is 17.1 Å². The van der Waals surface area contributed by atoms with Gasteiger partial charge >= 0.3 is 5.97 Å². The molecule has 7 rings (SSSR count). The fraction of sp³-hybridized carbons (Fsp3) is 0.809. The third-order valence-corrected chi connectivity index (χ3v) is 18.2. The Morgan fingerprint density at radius 2 is 1.61 bits per heavy atom. The third-order valence-electron chi connectivity index (χ3n) is 18.2. The average molecular weight is 776 g/mol. The maximum Gasteiger partial charge on any atom is 0.303 e. The number of hydrogen-bond donors (Lipinski definition) is 5. The highest BCUT2D eigenvalue weighted by molar-refractivity contribution is 5.94. The lowest BCUT2D eigenvalue weighted by Gasteiger charge is -2.73. The van der Waals surface area contributed by atoms with Crippen molar-refractivity contribution in [3.05, 3.63) is 35.4 Å². The van der Waals surface area contributed by atoms with E-state index in [0.717, 1.165) is 82.9 Å². The van der Waals surface area contributed by atoms with Crippen LogP contribution in [0.2, 0.25) is 0 Å². The summed E-state index contributed by atoms with van der Waals surface area (Å²) < 4.78 is 0. The number of carbonyl (C=O) groups excluding carboxylic acids is 2. The quantitative estimate of drug-likeness (QED) is 0.138. The maximum atomic E-state index is 15.0. The molecule has 11 atom stereocenters. The number of rotatable bonds is 12. The zero-order chi connectivity index (χ0) is 40.3. The number of β-amino-alcohol motifs (C(OH)–C–C–N with tert-alkyl or cyclic N) is 1. The van der Waals surface area contributed by atoms with Crippen LogP contribution in [0.25, 0.3) is 0 Å². The van der Waals surface area contributed by atoms with E-state index < -0.39 is 17.0 Å². The van der Waals surface area contributed by atoms with Crippen molar-refractivity contribution in [3.63, 3.8) is 0 Å². The largest absolute Gasteiger partial charge is 0.481 e. The summed E-state index contributed by atoms with van der Waals surface area (Å²) in [5, 5.41) is 39.0. The molecule has 1 aromatic carbocycles. The number of carboxylic acids is 1. The Hall–Kier alpha value is -2.49. The topological polar surface area (TPSA) is 139 Å². The molecule has 5 saturated carbocycles. The number of nitrogens with zero attached hydrogens (tertiary/aromatic N) is 1. The minimum atomic E-state index is -0.893. The first kappa shape index (κ1) is 41.7. The Kier molecular flexibility index (Phi) is 11.4. The van der Waals surface area contributed by atoms with E-state index in [1.165, 1.54) is 12.8 Å². The first-order valence-electron chi connectivity index (χ1n) is 22.4. The molecule has 1 aliphatic heterocycles. The lowest BCUT2D eigenvalue weighted by Crippen LogP contribution is -2.68. The van der Waals surface area contributed by atoms with Gasteiger partial charge in [-0.1, -0.05) is 46.8 Å². The molecule has 0 spiro atoms. The van der Waals surface area contributed by atoms with Crippen LogP contribution in [0.1, 0.15) is 154 Å². The lowest BCUT2D eigenvalue weighted by molar-refractivity contribution is -0.251. The van der Waals surface area contributed by atoms with Crippen LogP contribution in [-0.4, -0.2) is 75.9 Å². The fourth-order valence-electron chi connectivity index (χ4n) is 15.1. The normalized spacial score (nSPS) is 40.0. The summed E-state index contributed by atoms with van der Waals surface area (Å²) >= 11 is 0. The molecular weight excluding hydrogens is 703 g/mol. The van der Waals surface area contributed by atoms with E-state index in [9.17, 15) is 24.6 Å². The molecule has 1 heterocycles. The second kappa shape index (κ2) is 15.3. The highest BCUT2D eigenvalue weighted by atomic mass is 16.4. The number of carbonyl (C=O) groups is 3. The maximum absolute atomic E-state index is 15.0. The van der Waals surface area contributed by atoms with Crippen LogP contribution in [0, 0.1) is 56.7 Å². The highest BCUT2D eigenvalue weighted by Crippen LogP contribution is 2.77. The average Bonchev–Trinajstić information content (AvgIpc) is 3.81. The molecular formula is C47H73N3O6. The summed E-state index contributed by atoms with van der Waals surface area (Å²) in [6, 6.07) is 7.44. The molecule has 9 nitrogen and oxygen atoms in total. The number of fused-ring (bicyclic) bond motifs is 7. The number of benzene rings is 1. The molecule has 0 aromatic heterocycles. The Morgan fingerprint density at radius 1 is 0.857 bits per heavy atom. The number of nitrogens with one attached hydrogen (secondary N) is 2. The standard InChI is InChI=1S/C47H73N3O6/c1-42(2)35-18-21-45(5)36(43(35,3)20-19-37(42)51)16-15-33-39-34(46(6,56)30-50-26-9-10-27-50)17-22-47(39,24-23-44(33,45)4)41(55)49-29-31-12-11-13-32(28-31)40(54)48-25-8-7-14-38(52)53/h11-13,28,33-37,39,51,56H,7-10,14-27,29-30H2,1-6H3,(H,48,54)(H,49,55)(H,52,53)/t33?,34-,35?,36?,37+,39?,43+,44-,45-,46?,47+/m1/s1. The van der Waals surface area contributed by atoms with Crippen LogP contribution in [0.4, 0.5) is 0 Å². The van der Waals surface area contributed by atoms with Gasteiger partial charge in [0.1, 0.15) is 0 Å². The summed E-state index contributed by atoms with van der Waals surface area (Å²) in [6.07, 6.45) is 13.3. The second-order valence-electron chi connectivity index (χ2n) is 21.2. The van der Waals surface area contributed by atoms with Gasteiger partial charge < -0.3 is 30.9 Å². The van der Waals surface area contributed by atoms with Crippen molar-refractivity contribution < 1.29 is 29.7 Å². The molecule has 9 heteroatoms. The van der Waals surface area contributed by atoms with Gasteiger partial charge in [-0.3, -0.25) is 14.4 Å². The molecule has 5 aliphatic carbocycles. The van der Waals surface area contributed by atoms with Crippen LogP contribution in [0.15, 0.2) is 24.3 Å². The third kappa shape index (κ3) is 6.95. The van der Waals surface area contributed by atoms with Gasteiger partial charge in [-0.2, -0.15) is 0 Å². The zero-order valence-electron chi connectivity index (χ0n) is 35.4. The van der Waals surface area contributed by atoms with Crippen molar-refractivity contribution in [1.29, 1.82) is 0 Å². The molecule has 56 heavy (non-hydrogen) atoms. The lowest BCUT2D eigenvalue weighted by atomic mass is 9.32. The molecule has 5 unspecified atom stereocenters. The Morgan fingerprint density at radius 3 is 2.34 bits per heavy atom. The van der Waals surface area contributed by atoms with Crippen LogP contribution >= 0.6 is 0 Å². The zero-order valence-corrected chi connectivity index (χ0v) is 35.4. The summed E-state index contributed by atoms with van der Waals surface area (Å²) in [4.78, 5) is 41.2. The summed E-state index contributed by atoms with van der Waals surface area (Å²) in [6.45, 7) is 18.0. The molecule has 312 valence electrons. The van der Waals surface area contributed by atoms with E-state index in [4.69, 9.17) is 5.11 Å². The van der Waals surface area contributed by atoms with E-state index in [-0.39, 0.29) is 57.8 Å². The molecule has 1 saturated heterocycles. The predicted molar refractivity (Wildman–Crippen MR) is 219 cm³/mol. The number of amides is 2. The number of aliphatic carboxylic acids is 1. The first-order valence-corrected chi connectivity index (χ1v) is 22.4. The van der Waals surface area contributed by atoms with Gasteiger partial charge in [0.25, 0.3) is 5.91 Å². The number of aliphatic hydroxyl groups excluding tert-OH is 1. The molecule has 0 bridgehead atoms. The van der Waals surface area contributed by atoms with Crippen molar-refractivity contribution in [3.8, 4) is 0 Å². The van der Waals surface area contributed by atoms with Crippen molar-refractivity contribution in [2.75, 3.05) is 26.2 Å². The Labute approximate surface area is 336 Å². The second-order valence-corrected chi connectivity index (χ2v) is 21.2. The van der Waals surface area contributed by atoms with E-state index in [1.54, 1.807) is 6.07 Å². The van der Waals surface area contributed by atoms with Gasteiger partial charge in [-0.05, 0) is 179 Å². The molecule has 5 N–H and O–H groups in total. The SMILES string of the molecule is CC(O)(CN1CCCC1)[C@@H]1CC[C@]2(C(=O)NCc3cccc(C(=O)NCCCCC(=O)O)c3)CC[C@]3(C)C(CCC4[C@@]5(C)CC[C@H](O)C(C)(C)C5CC[C@]43C)C12. The Balaban J connectivity index is 1.14. The van der Waals surface area contributed by atoms with Gasteiger partial charge in [0, 0.05) is 31.6 Å². The first-order chi connectivity index (χ1) is 26.4. The number of unbranched alkanes of at least 4 members (excludes halogenated alkanes) is 1. The Bertz CT molecular complexity index is 1640. The molecule has 0 radical (unpaired) electrons. The fourth-order valence-corrected chi connectivity index (χ4v) is 15.1. The van der Waals surface area contributed by atoms with E-state index in [1.807, 2.05) is 18.2 Å². The van der Waals surface area contributed by atoms with Crippen LogP contribution in [0.5, 0.6) is 0 Å². The molecule has 6 aliphatic rings. The van der Waals surface area contributed by atoms with Gasteiger partial charge in [0.2, 0.25) is 5.91 Å². The van der Waals surface area contributed by atoms with Crippen molar-refractivity contribution >= 4 is 17.8 Å². The van der Waals surface area contributed by atoms with Crippen molar-refractivity contribution in [2.24, 2.45) is 56.7 Å². The molecule has 2 amide bonds. The predicted octanol–water partition coefficient (Wildman–Crippen LogP) is 7.58. The number of aliphatic hydroxyl groups is 2.